The summed E-state index contributed by atoms with van der Waals surface area (Å²) in [5.74, 6) is -0.0379. The van der Waals surface area contributed by atoms with Crippen molar-refractivity contribution in [2.24, 2.45) is 0 Å². The van der Waals surface area contributed by atoms with E-state index in [4.69, 9.17) is 29.5 Å². The molecular formula is C20H34ClNO14. The maximum Gasteiger partial charge on any atom is 0.187 e. The molecule has 1 aromatic rings. The fraction of sp³-hybridized carbons (Fsp3) is 0.750. The molecule has 3 rings (SSSR count). The number of halogens is 1. The van der Waals surface area contributed by atoms with Crippen molar-refractivity contribution < 1.29 is 70.4 Å². The molecule has 210 valence electrons. The van der Waals surface area contributed by atoms with Crippen LogP contribution in [0.2, 0.25) is 0 Å². The van der Waals surface area contributed by atoms with Gasteiger partial charge in [-0.1, -0.05) is 0 Å². The number of aromatic hydroxyl groups is 1. The molecule has 2 saturated heterocycles. The number of hydrogen-bond donors (Lipinski definition) is 11. The van der Waals surface area contributed by atoms with Gasteiger partial charge in [-0.05, 0) is 6.92 Å². The van der Waals surface area contributed by atoms with Crippen LogP contribution < -0.4 is 0 Å². The fourth-order valence-electron chi connectivity index (χ4n) is 3.57. The van der Waals surface area contributed by atoms with E-state index in [0.29, 0.717) is 16.8 Å². The first-order chi connectivity index (χ1) is 16.5. The van der Waals surface area contributed by atoms with Crippen molar-refractivity contribution in [1.29, 1.82) is 0 Å². The molecule has 1 aromatic heterocycles. The number of rotatable bonds is 6. The predicted octanol–water partition coefficient (Wildman–Crippen LogP) is -4.90. The Balaban J connectivity index is 0.000000422. The van der Waals surface area contributed by atoms with Gasteiger partial charge in [-0.3, -0.25) is 4.98 Å². The summed E-state index contributed by atoms with van der Waals surface area (Å²) in [4.78, 5) is 3.84. The van der Waals surface area contributed by atoms with Crippen LogP contribution in [0.25, 0.3) is 0 Å². The Hall–Kier alpha value is -1.28. The van der Waals surface area contributed by atoms with E-state index in [0.717, 1.165) is 0 Å². The third-order valence-electron chi connectivity index (χ3n) is 5.74. The summed E-state index contributed by atoms with van der Waals surface area (Å²) < 4.78 is 15.3. The summed E-state index contributed by atoms with van der Waals surface area (Å²) in [5.41, 5.74) is 1.27. The lowest BCUT2D eigenvalue weighted by Gasteiger charge is -2.45. The van der Waals surface area contributed by atoms with Crippen LogP contribution in [0.4, 0.5) is 0 Å². The van der Waals surface area contributed by atoms with Crippen LogP contribution in [0.5, 0.6) is 5.75 Å². The average molecular weight is 548 g/mol. The molecule has 11 N–H and O–H groups in total. The van der Waals surface area contributed by atoms with Crippen LogP contribution in [0, 0.1) is 6.92 Å². The van der Waals surface area contributed by atoms with E-state index in [-0.39, 0.29) is 31.4 Å². The van der Waals surface area contributed by atoms with Gasteiger partial charge in [0.25, 0.3) is 0 Å². The number of aryl methyl sites for hydroxylation is 1. The third kappa shape index (κ3) is 7.18. The topological polar surface area (TPSA) is 263 Å². The van der Waals surface area contributed by atoms with Crippen LogP contribution in [0.1, 0.15) is 16.8 Å². The number of hydrogen-bond acceptors (Lipinski definition) is 15. The summed E-state index contributed by atoms with van der Waals surface area (Å²) in [6.45, 7) is -0.223. The van der Waals surface area contributed by atoms with Crippen molar-refractivity contribution in [3.63, 3.8) is 0 Å². The van der Waals surface area contributed by atoms with E-state index in [1.807, 2.05) is 0 Å². The first-order valence-electron chi connectivity index (χ1n) is 10.7. The first kappa shape index (κ1) is 32.7. The van der Waals surface area contributed by atoms with Crippen molar-refractivity contribution in [3.8, 4) is 5.75 Å². The molecule has 0 spiro atoms. The summed E-state index contributed by atoms with van der Waals surface area (Å²) in [5, 5.41) is 104. The molecule has 15 nitrogen and oxygen atoms in total. The Labute approximate surface area is 211 Å². The Morgan fingerprint density at radius 1 is 0.806 bits per heavy atom. The molecule has 0 aliphatic carbocycles. The minimum Gasteiger partial charge on any atom is -0.506 e. The molecule has 0 unspecified atom stereocenters. The number of aliphatic hydroxyl groups is 10. The first-order valence-corrected chi connectivity index (χ1v) is 10.7. The minimum absolute atomic E-state index is 0. The molecule has 10 atom stereocenters. The molecule has 0 amide bonds. The molecule has 2 aliphatic heterocycles. The number of nitrogens with zero attached hydrogens (tertiary/aromatic N) is 1. The zero-order chi connectivity index (χ0) is 26.4. The zero-order valence-corrected chi connectivity index (χ0v) is 20.0. The lowest BCUT2D eigenvalue weighted by molar-refractivity contribution is -0.355. The summed E-state index contributed by atoms with van der Waals surface area (Å²) in [7, 11) is 0. The number of pyridine rings is 1. The normalized spacial score (nSPS) is 36.4. The predicted molar refractivity (Wildman–Crippen MR) is 118 cm³/mol. The van der Waals surface area contributed by atoms with Crippen molar-refractivity contribution in [2.45, 2.75) is 81.5 Å². The molecule has 0 saturated carbocycles. The largest absolute Gasteiger partial charge is 0.506 e. The quantitative estimate of drug-likeness (QED) is 0.159. The van der Waals surface area contributed by atoms with Gasteiger partial charge in [0, 0.05) is 17.3 Å². The van der Waals surface area contributed by atoms with Crippen LogP contribution in [0.3, 0.4) is 0 Å². The highest BCUT2D eigenvalue weighted by Crippen LogP contribution is 2.28. The lowest BCUT2D eigenvalue weighted by atomic mass is 9.97. The highest BCUT2D eigenvalue weighted by atomic mass is 35.5. The Morgan fingerprint density at radius 2 is 1.42 bits per heavy atom. The maximum absolute atomic E-state index is 9.94. The molecule has 0 aromatic carbocycles. The molecular weight excluding hydrogens is 514 g/mol. The van der Waals surface area contributed by atoms with Gasteiger partial charge in [-0.15, -0.1) is 12.4 Å². The van der Waals surface area contributed by atoms with Gasteiger partial charge >= 0.3 is 0 Å². The van der Waals surface area contributed by atoms with Gasteiger partial charge in [0.15, 0.2) is 12.6 Å². The molecule has 16 heteroatoms. The smallest absolute Gasteiger partial charge is 0.187 e. The van der Waals surface area contributed by atoms with E-state index >= 15 is 0 Å². The molecule has 2 aliphatic rings. The third-order valence-corrected chi connectivity index (χ3v) is 5.74. The van der Waals surface area contributed by atoms with E-state index in [1.165, 1.54) is 6.20 Å². The monoisotopic (exact) mass is 547 g/mol. The number of ether oxygens (including phenoxy) is 3. The maximum atomic E-state index is 9.94. The second-order valence-electron chi connectivity index (χ2n) is 8.04. The Kier molecular flexibility index (Phi) is 13.3. The summed E-state index contributed by atoms with van der Waals surface area (Å²) in [6, 6.07) is 0. The SMILES string of the molecule is Cc1ncc(CO)c(CO)c1O.Cl.OC[C@H]1O[C@H](O[C@H]2[C@H](O)[C@@H](O)[C@H](O)O[C@@H]2CO)[C@H](O)[C@@H](O)[C@@H]1O. The van der Waals surface area contributed by atoms with Gasteiger partial charge in [0.05, 0.1) is 32.1 Å². The van der Waals surface area contributed by atoms with Gasteiger partial charge in [-0.2, -0.15) is 0 Å². The van der Waals surface area contributed by atoms with Gasteiger partial charge in [0.1, 0.15) is 54.6 Å². The molecule has 36 heavy (non-hydrogen) atoms. The molecule has 2 fully saturated rings. The second-order valence-corrected chi connectivity index (χ2v) is 8.04. The highest BCUT2D eigenvalue weighted by molar-refractivity contribution is 5.85. The van der Waals surface area contributed by atoms with Crippen LogP contribution in [-0.2, 0) is 27.4 Å². The summed E-state index contributed by atoms with van der Waals surface area (Å²) >= 11 is 0. The fourth-order valence-corrected chi connectivity index (χ4v) is 3.57. The van der Waals surface area contributed by atoms with Crippen molar-refractivity contribution >= 4 is 12.4 Å². The minimum atomic E-state index is -1.74. The van der Waals surface area contributed by atoms with Crippen molar-refractivity contribution in [2.75, 3.05) is 13.2 Å². The van der Waals surface area contributed by atoms with Crippen LogP contribution in [-0.4, -0.2) is 136 Å². The number of aromatic nitrogens is 1. The highest BCUT2D eigenvalue weighted by Gasteiger charge is 2.50. The van der Waals surface area contributed by atoms with Crippen LogP contribution in [0.15, 0.2) is 6.20 Å². The van der Waals surface area contributed by atoms with Crippen molar-refractivity contribution in [3.05, 3.63) is 23.0 Å². The van der Waals surface area contributed by atoms with E-state index in [9.17, 15) is 40.9 Å². The van der Waals surface area contributed by atoms with E-state index in [2.05, 4.69) is 4.98 Å². The standard InChI is InChI=1S/C12H22O11.C8H11NO3.ClH/c13-1-3-5(15)6(16)9(19)12(22-3)23-10-4(2-14)21-11(20)8(18)7(10)17;1-5-8(12)7(4-11)6(3-10)2-9-5;/h3-20H,1-2H2;2,10-12H,3-4H2,1H3;1H/t3-,4-,5-,6+,7-,8-,9-,10-,11-,12-;;/m1../s1. The summed E-state index contributed by atoms with van der Waals surface area (Å²) in [6.07, 6.45) is -14.1. The zero-order valence-electron chi connectivity index (χ0n) is 19.2. The molecule has 3 heterocycles. The van der Waals surface area contributed by atoms with Gasteiger partial charge in [-0.25, -0.2) is 0 Å². The number of aliphatic hydroxyl groups excluding tert-OH is 10. The Bertz CT molecular complexity index is 802. The van der Waals surface area contributed by atoms with Crippen molar-refractivity contribution in [1.82, 2.24) is 4.98 Å². The van der Waals surface area contributed by atoms with Crippen LogP contribution >= 0.6 is 12.4 Å². The molecule has 0 bridgehead atoms. The molecule has 0 radical (unpaired) electrons. The Morgan fingerprint density at radius 3 is 1.94 bits per heavy atom. The van der Waals surface area contributed by atoms with E-state index in [1.54, 1.807) is 6.92 Å². The van der Waals surface area contributed by atoms with E-state index < -0.39 is 74.6 Å². The average Bonchev–Trinajstić information content (AvgIpc) is 2.86. The van der Waals surface area contributed by atoms with Gasteiger partial charge < -0.3 is 70.4 Å². The second kappa shape index (κ2) is 14.6. The lowest BCUT2D eigenvalue weighted by Crippen LogP contribution is -2.64. The van der Waals surface area contributed by atoms with Gasteiger partial charge in [0.2, 0.25) is 0 Å².